The number of ketones is 1. The monoisotopic (exact) mass is 223 g/mol. The molecule has 0 saturated heterocycles. The van der Waals surface area contributed by atoms with E-state index in [1.54, 1.807) is 6.08 Å². The van der Waals surface area contributed by atoms with Gasteiger partial charge in [-0.3, -0.25) is 4.79 Å². The summed E-state index contributed by atoms with van der Waals surface area (Å²) in [4.78, 5) is 22.5. The lowest BCUT2D eigenvalue weighted by atomic mass is 9.91. The summed E-state index contributed by atoms with van der Waals surface area (Å²) in [5.74, 6) is 0.684. The smallest absolute Gasteiger partial charge is 0.412 e. The van der Waals surface area contributed by atoms with Crippen molar-refractivity contribution in [2.45, 2.75) is 26.2 Å². The predicted molar refractivity (Wildman–Crippen MR) is 60.8 cm³/mol. The van der Waals surface area contributed by atoms with E-state index in [2.05, 4.69) is 11.9 Å². The minimum Gasteiger partial charge on any atom is -0.414 e. The lowest BCUT2D eigenvalue weighted by Gasteiger charge is -2.21. The third kappa shape index (κ3) is 3.53. The number of allylic oxidation sites excluding steroid dienone is 2. The third-order valence-electron chi connectivity index (χ3n) is 2.54. The summed E-state index contributed by atoms with van der Waals surface area (Å²) in [5.41, 5.74) is 0. The molecule has 0 aliphatic heterocycles. The van der Waals surface area contributed by atoms with Crippen LogP contribution in [0, 0.1) is 5.92 Å². The summed E-state index contributed by atoms with van der Waals surface area (Å²) >= 11 is 0. The number of hydrogen-bond acceptors (Lipinski definition) is 3. The molecule has 16 heavy (non-hydrogen) atoms. The van der Waals surface area contributed by atoms with Gasteiger partial charge in [0.15, 0.2) is 5.78 Å². The normalized spacial score (nSPS) is 19.9. The van der Waals surface area contributed by atoms with E-state index in [-0.39, 0.29) is 11.7 Å². The van der Waals surface area contributed by atoms with Crippen molar-refractivity contribution < 1.29 is 14.3 Å². The Morgan fingerprint density at radius 1 is 1.75 bits per heavy atom. The molecule has 0 aromatic carbocycles. The van der Waals surface area contributed by atoms with Crippen LogP contribution in [-0.2, 0) is 9.53 Å². The molecule has 1 aliphatic rings. The highest BCUT2D eigenvalue weighted by Crippen LogP contribution is 2.26. The van der Waals surface area contributed by atoms with E-state index >= 15 is 0 Å². The molecule has 0 aromatic rings. The maximum Gasteiger partial charge on any atom is 0.412 e. The average Bonchev–Trinajstić information content (AvgIpc) is 2.27. The third-order valence-corrected chi connectivity index (χ3v) is 2.54. The molecule has 1 rings (SSSR count). The van der Waals surface area contributed by atoms with Crippen LogP contribution < -0.4 is 5.32 Å². The van der Waals surface area contributed by atoms with E-state index in [0.717, 1.165) is 12.8 Å². The van der Waals surface area contributed by atoms with Crippen molar-refractivity contribution in [2.24, 2.45) is 5.92 Å². The molecule has 0 saturated carbocycles. The predicted octanol–water partition coefficient (Wildman–Crippen LogP) is 2.17. The maximum absolute atomic E-state index is 11.3. The zero-order valence-electron chi connectivity index (χ0n) is 9.49. The van der Waals surface area contributed by atoms with E-state index < -0.39 is 6.09 Å². The van der Waals surface area contributed by atoms with Gasteiger partial charge in [0.05, 0.1) is 0 Å². The first-order chi connectivity index (χ1) is 7.67. The fraction of sp³-hybridized carbons (Fsp3) is 0.500. The van der Waals surface area contributed by atoms with Gasteiger partial charge in [0.25, 0.3) is 0 Å². The highest BCUT2D eigenvalue weighted by Gasteiger charge is 2.23. The lowest BCUT2D eigenvalue weighted by Crippen LogP contribution is -2.27. The van der Waals surface area contributed by atoms with Crippen LogP contribution in [0.2, 0.25) is 0 Å². The van der Waals surface area contributed by atoms with Crippen molar-refractivity contribution in [2.75, 3.05) is 6.54 Å². The van der Waals surface area contributed by atoms with E-state index in [1.807, 2.05) is 6.92 Å². The van der Waals surface area contributed by atoms with Crippen LogP contribution >= 0.6 is 0 Å². The largest absolute Gasteiger partial charge is 0.414 e. The summed E-state index contributed by atoms with van der Waals surface area (Å²) in [7, 11) is 0. The van der Waals surface area contributed by atoms with Crippen LogP contribution in [-0.4, -0.2) is 18.4 Å². The second-order valence-corrected chi connectivity index (χ2v) is 3.72. The number of nitrogens with one attached hydrogen (secondary N) is 1. The number of amides is 1. The summed E-state index contributed by atoms with van der Waals surface area (Å²) in [6, 6.07) is 0. The number of carbonyl (C=O) groups is 2. The number of alkyl carbamates (subject to hydrolysis) is 1. The number of ether oxygens (including phenoxy) is 1. The van der Waals surface area contributed by atoms with Gasteiger partial charge in [0, 0.05) is 25.0 Å². The zero-order chi connectivity index (χ0) is 12.0. The Hall–Kier alpha value is -1.58. The summed E-state index contributed by atoms with van der Waals surface area (Å²) in [6.07, 6.45) is 4.65. The Morgan fingerprint density at radius 3 is 3.12 bits per heavy atom. The van der Waals surface area contributed by atoms with Crippen molar-refractivity contribution >= 4 is 11.9 Å². The summed E-state index contributed by atoms with van der Waals surface area (Å²) < 4.78 is 5.11. The minimum absolute atomic E-state index is 0.0243. The first-order valence-electron chi connectivity index (χ1n) is 5.48. The van der Waals surface area contributed by atoms with Crippen LogP contribution in [0.5, 0.6) is 0 Å². The quantitative estimate of drug-likeness (QED) is 0.743. The number of carbonyl (C=O) groups excluding carboxylic acids is 2. The highest BCUT2D eigenvalue weighted by atomic mass is 16.6. The minimum atomic E-state index is -0.528. The van der Waals surface area contributed by atoms with Crippen LogP contribution in [0.4, 0.5) is 4.79 Å². The van der Waals surface area contributed by atoms with Crippen LogP contribution in [0.1, 0.15) is 26.2 Å². The summed E-state index contributed by atoms with van der Waals surface area (Å²) in [6.45, 7) is 5.85. The molecule has 0 heterocycles. The Balaban J connectivity index is 2.58. The van der Waals surface area contributed by atoms with E-state index in [0.29, 0.717) is 18.7 Å². The standard InChI is InChI=1S/C12H17NO3/c1-3-7-13-12(15)16-11-8-10(14)6-5-9(11)4-2/h3,8-9H,1,4-7H2,2H3,(H,13,15). The molecule has 0 radical (unpaired) electrons. The molecular weight excluding hydrogens is 206 g/mol. The van der Waals surface area contributed by atoms with Crippen molar-refractivity contribution in [3.63, 3.8) is 0 Å². The van der Waals surface area contributed by atoms with Crippen molar-refractivity contribution in [3.05, 3.63) is 24.5 Å². The van der Waals surface area contributed by atoms with Gasteiger partial charge in [-0.2, -0.15) is 0 Å². The first-order valence-corrected chi connectivity index (χ1v) is 5.48. The van der Waals surface area contributed by atoms with Gasteiger partial charge in [-0.1, -0.05) is 13.0 Å². The second kappa shape index (κ2) is 6.10. The molecule has 1 N–H and O–H groups in total. The molecule has 0 bridgehead atoms. The molecule has 4 nitrogen and oxygen atoms in total. The maximum atomic E-state index is 11.3. The molecule has 4 heteroatoms. The van der Waals surface area contributed by atoms with Crippen LogP contribution in [0.15, 0.2) is 24.5 Å². The Bertz CT molecular complexity index is 320. The van der Waals surface area contributed by atoms with Gasteiger partial charge in [-0.05, 0) is 12.8 Å². The Labute approximate surface area is 95.4 Å². The first kappa shape index (κ1) is 12.5. The number of rotatable bonds is 4. The van der Waals surface area contributed by atoms with Crippen LogP contribution in [0.3, 0.4) is 0 Å². The molecule has 0 fully saturated rings. The topological polar surface area (TPSA) is 55.4 Å². The zero-order valence-corrected chi connectivity index (χ0v) is 9.49. The molecular formula is C12H17NO3. The van der Waals surface area contributed by atoms with Crippen LogP contribution in [0.25, 0.3) is 0 Å². The van der Waals surface area contributed by atoms with Crippen molar-refractivity contribution in [3.8, 4) is 0 Å². The van der Waals surface area contributed by atoms with Crippen molar-refractivity contribution in [1.29, 1.82) is 0 Å². The molecule has 88 valence electrons. The van der Waals surface area contributed by atoms with Gasteiger partial charge in [0.2, 0.25) is 0 Å². The van der Waals surface area contributed by atoms with E-state index in [1.165, 1.54) is 6.08 Å². The van der Waals surface area contributed by atoms with Crippen molar-refractivity contribution in [1.82, 2.24) is 5.32 Å². The molecule has 1 atom stereocenters. The number of hydrogen-bond donors (Lipinski definition) is 1. The molecule has 0 aromatic heterocycles. The lowest BCUT2D eigenvalue weighted by molar-refractivity contribution is -0.115. The second-order valence-electron chi connectivity index (χ2n) is 3.72. The van der Waals surface area contributed by atoms with Gasteiger partial charge in [-0.25, -0.2) is 4.79 Å². The van der Waals surface area contributed by atoms with Gasteiger partial charge in [0.1, 0.15) is 5.76 Å². The van der Waals surface area contributed by atoms with E-state index in [4.69, 9.17) is 4.74 Å². The van der Waals surface area contributed by atoms with Gasteiger partial charge >= 0.3 is 6.09 Å². The fourth-order valence-electron chi connectivity index (χ4n) is 1.62. The Kier molecular flexibility index (Phi) is 4.76. The Morgan fingerprint density at radius 2 is 2.50 bits per heavy atom. The van der Waals surface area contributed by atoms with E-state index in [9.17, 15) is 9.59 Å². The molecule has 1 amide bonds. The fourth-order valence-corrected chi connectivity index (χ4v) is 1.62. The van der Waals surface area contributed by atoms with Gasteiger partial charge in [-0.15, -0.1) is 6.58 Å². The molecule has 0 spiro atoms. The highest BCUT2D eigenvalue weighted by molar-refractivity contribution is 5.91. The SMILES string of the molecule is C=CCNC(=O)OC1=CC(=O)CCC1CC. The molecule has 1 aliphatic carbocycles. The van der Waals surface area contributed by atoms with Gasteiger partial charge < -0.3 is 10.1 Å². The molecule has 1 unspecified atom stereocenters. The average molecular weight is 223 g/mol. The summed E-state index contributed by atoms with van der Waals surface area (Å²) in [5, 5.41) is 2.51.